The third-order valence-corrected chi connectivity index (χ3v) is 3.06. The van der Waals surface area contributed by atoms with Gasteiger partial charge in [0.05, 0.1) is 25.1 Å². The normalized spacial score (nSPS) is 16.7. The van der Waals surface area contributed by atoms with E-state index < -0.39 is 5.97 Å². The molecule has 3 N–H and O–H groups in total. The van der Waals surface area contributed by atoms with Gasteiger partial charge in [0.2, 0.25) is 0 Å². The van der Waals surface area contributed by atoms with Crippen molar-refractivity contribution in [1.82, 2.24) is 4.98 Å². The number of anilines is 2. The minimum atomic E-state index is -0.448. The summed E-state index contributed by atoms with van der Waals surface area (Å²) in [5.41, 5.74) is 6.44. The number of pyridine rings is 1. The SMILES string of the molecule is COC(=O)c1cc(N)cnc1N1CCC(O)CC1. The van der Waals surface area contributed by atoms with Crippen molar-refractivity contribution in [1.29, 1.82) is 0 Å². The standard InChI is InChI=1S/C12H17N3O3/c1-18-12(17)10-6-8(13)7-14-11(10)15-4-2-9(16)3-5-15/h6-7,9,16H,2-5,13H2,1H3. The molecule has 1 aromatic rings. The maximum absolute atomic E-state index is 11.7. The molecule has 0 spiro atoms. The van der Waals surface area contributed by atoms with Gasteiger partial charge in [0.1, 0.15) is 11.4 Å². The Morgan fingerprint density at radius 1 is 1.56 bits per heavy atom. The van der Waals surface area contributed by atoms with Gasteiger partial charge in [0.15, 0.2) is 0 Å². The van der Waals surface area contributed by atoms with E-state index in [1.54, 1.807) is 6.07 Å². The Morgan fingerprint density at radius 3 is 2.83 bits per heavy atom. The first-order valence-electron chi connectivity index (χ1n) is 5.88. The number of aromatic nitrogens is 1. The highest BCUT2D eigenvalue weighted by Crippen LogP contribution is 2.24. The molecular formula is C12H17N3O3. The van der Waals surface area contributed by atoms with Crippen LogP contribution in [0.5, 0.6) is 0 Å². The van der Waals surface area contributed by atoms with Gasteiger partial charge in [-0.1, -0.05) is 0 Å². The number of carbonyl (C=O) groups excluding carboxylic acids is 1. The van der Waals surface area contributed by atoms with E-state index in [4.69, 9.17) is 10.5 Å². The van der Waals surface area contributed by atoms with E-state index in [2.05, 4.69) is 4.98 Å². The lowest BCUT2D eigenvalue weighted by Gasteiger charge is -2.31. The van der Waals surface area contributed by atoms with E-state index >= 15 is 0 Å². The number of piperidine rings is 1. The number of aliphatic hydroxyl groups is 1. The van der Waals surface area contributed by atoms with Gasteiger partial charge in [-0.25, -0.2) is 9.78 Å². The van der Waals surface area contributed by atoms with Crippen molar-refractivity contribution in [2.24, 2.45) is 0 Å². The number of methoxy groups -OCH3 is 1. The molecule has 0 bridgehead atoms. The second-order valence-electron chi connectivity index (χ2n) is 4.35. The molecule has 0 atom stereocenters. The Labute approximate surface area is 105 Å². The summed E-state index contributed by atoms with van der Waals surface area (Å²) >= 11 is 0. The Hall–Kier alpha value is -1.82. The molecule has 98 valence electrons. The summed E-state index contributed by atoms with van der Waals surface area (Å²) < 4.78 is 4.73. The molecule has 0 radical (unpaired) electrons. The Morgan fingerprint density at radius 2 is 2.22 bits per heavy atom. The van der Waals surface area contributed by atoms with Crippen LogP contribution in [0.15, 0.2) is 12.3 Å². The number of hydrogen-bond donors (Lipinski definition) is 2. The number of nitrogens with zero attached hydrogens (tertiary/aromatic N) is 2. The van der Waals surface area contributed by atoms with Crippen molar-refractivity contribution < 1.29 is 14.6 Å². The zero-order chi connectivity index (χ0) is 13.1. The number of rotatable bonds is 2. The molecule has 1 aromatic heterocycles. The predicted octanol–water partition coefficient (Wildman–Crippen LogP) is 0.411. The number of esters is 1. The molecule has 2 rings (SSSR count). The van der Waals surface area contributed by atoms with Gasteiger partial charge in [-0.2, -0.15) is 0 Å². The highest BCUT2D eigenvalue weighted by molar-refractivity contribution is 5.95. The lowest BCUT2D eigenvalue weighted by atomic mass is 10.1. The third kappa shape index (κ3) is 2.53. The number of carbonyl (C=O) groups is 1. The summed E-state index contributed by atoms with van der Waals surface area (Å²) in [6.07, 6.45) is 2.60. The van der Waals surface area contributed by atoms with Crippen molar-refractivity contribution in [3.63, 3.8) is 0 Å². The second-order valence-corrected chi connectivity index (χ2v) is 4.35. The van der Waals surface area contributed by atoms with Crippen LogP contribution in [0.2, 0.25) is 0 Å². The highest BCUT2D eigenvalue weighted by Gasteiger charge is 2.23. The van der Waals surface area contributed by atoms with Crippen molar-refractivity contribution in [3.05, 3.63) is 17.8 Å². The first-order chi connectivity index (χ1) is 8.61. The van der Waals surface area contributed by atoms with E-state index in [1.807, 2.05) is 4.90 Å². The average Bonchev–Trinajstić information content (AvgIpc) is 2.39. The second kappa shape index (κ2) is 5.22. The molecule has 0 amide bonds. The van der Waals surface area contributed by atoms with Crippen LogP contribution in [0.1, 0.15) is 23.2 Å². The fraction of sp³-hybridized carbons (Fsp3) is 0.500. The van der Waals surface area contributed by atoms with Crippen LogP contribution in [0.4, 0.5) is 11.5 Å². The molecular weight excluding hydrogens is 234 g/mol. The van der Waals surface area contributed by atoms with Crippen LogP contribution in [-0.4, -0.2) is 42.4 Å². The van der Waals surface area contributed by atoms with E-state index in [0.29, 0.717) is 43.0 Å². The van der Waals surface area contributed by atoms with Gasteiger partial charge in [0.25, 0.3) is 0 Å². The lowest BCUT2D eigenvalue weighted by Crippen LogP contribution is -2.37. The van der Waals surface area contributed by atoms with Gasteiger partial charge < -0.3 is 20.5 Å². The molecule has 1 aliphatic heterocycles. The van der Waals surface area contributed by atoms with Gasteiger partial charge >= 0.3 is 5.97 Å². The zero-order valence-electron chi connectivity index (χ0n) is 10.3. The average molecular weight is 251 g/mol. The Bertz CT molecular complexity index is 442. The number of ether oxygens (including phenoxy) is 1. The first-order valence-corrected chi connectivity index (χ1v) is 5.88. The zero-order valence-corrected chi connectivity index (χ0v) is 10.3. The van der Waals surface area contributed by atoms with Crippen LogP contribution in [0.25, 0.3) is 0 Å². The molecule has 0 aromatic carbocycles. The Balaban J connectivity index is 2.29. The summed E-state index contributed by atoms with van der Waals surface area (Å²) in [6.45, 7) is 1.34. The largest absolute Gasteiger partial charge is 0.465 e. The fourth-order valence-electron chi connectivity index (χ4n) is 2.06. The molecule has 1 aliphatic rings. The minimum absolute atomic E-state index is 0.267. The number of nitrogens with two attached hydrogens (primary N) is 1. The maximum atomic E-state index is 11.7. The molecule has 2 heterocycles. The smallest absolute Gasteiger partial charge is 0.341 e. The lowest BCUT2D eigenvalue weighted by molar-refractivity contribution is 0.0601. The number of nitrogen functional groups attached to an aromatic ring is 1. The van der Waals surface area contributed by atoms with E-state index in [0.717, 1.165) is 0 Å². The van der Waals surface area contributed by atoms with Crippen LogP contribution in [-0.2, 0) is 4.74 Å². The van der Waals surface area contributed by atoms with E-state index in [1.165, 1.54) is 13.3 Å². The third-order valence-electron chi connectivity index (χ3n) is 3.06. The fourth-order valence-corrected chi connectivity index (χ4v) is 2.06. The molecule has 0 aliphatic carbocycles. The summed E-state index contributed by atoms with van der Waals surface area (Å²) in [5.74, 6) is 0.124. The monoisotopic (exact) mass is 251 g/mol. The number of hydrogen-bond acceptors (Lipinski definition) is 6. The molecule has 1 fully saturated rings. The maximum Gasteiger partial charge on any atom is 0.341 e. The Kier molecular flexibility index (Phi) is 3.66. The van der Waals surface area contributed by atoms with Crippen molar-refractivity contribution >= 4 is 17.5 Å². The van der Waals surface area contributed by atoms with Gasteiger partial charge in [0, 0.05) is 13.1 Å². The van der Waals surface area contributed by atoms with Crippen LogP contribution < -0.4 is 10.6 Å². The quantitative estimate of drug-likeness (QED) is 0.740. The summed E-state index contributed by atoms with van der Waals surface area (Å²) in [6, 6.07) is 1.57. The highest BCUT2D eigenvalue weighted by atomic mass is 16.5. The summed E-state index contributed by atoms with van der Waals surface area (Å²) in [5, 5.41) is 9.48. The molecule has 6 heteroatoms. The molecule has 18 heavy (non-hydrogen) atoms. The van der Waals surface area contributed by atoms with Crippen molar-refractivity contribution in [2.75, 3.05) is 30.8 Å². The molecule has 0 unspecified atom stereocenters. The van der Waals surface area contributed by atoms with Crippen molar-refractivity contribution in [2.45, 2.75) is 18.9 Å². The van der Waals surface area contributed by atoms with Crippen LogP contribution >= 0.6 is 0 Å². The topological polar surface area (TPSA) is 88.7 Å². The molecule has 6 nitrogen and oxygen atoms in total. The van der Waals surface area contributed by atoms with E-state index in [9.17, 15) is 9.90 Å². The van der Waals surface area contributed by atoms with Crippen molar-refractivity contribution in [3.8, 4) is 0 Å². The van der Waals surface area contributed by atoms with Crippen LogP contribution in [0.3, 0.4) is 0 Å². The first kappa shape index (κ1) is 12.6. The number of aliphatic hydroxyl groups excluding tert-OH is 1. The van der Waals surface area contributed by atoms with E-state index in [-0.39, 0.29) is 6.10 Å². The van der Waals surface area contributed by atoms with Gasteiger partial charge in [-0.05, 0) is 18.9 Å². The predicted molar refractivity (Wildman–Crippen MR) is 67.4 cm³/mol. The molecule has 0 saturated carbocycles. The van der Waals surface area contributed by atoms with Gasteiger partial charge in [-0.15, -0.1) is 0 Å². The summed E-state index contributed by atoms with van der Waals surface area (Å²) in [4.78, 5) is 17.9. The summed E-state index contributed by atoms with van der Waals surface area (Å²) in [7, 11) is 1.33. The van der Waals surface area contributed by atoms with Crippen LogP contribution in [0, 0.1) is 0 Å². The van der Waals surface area contributed by atoms with Gasteiger partial charge in [-0.3, -0.25) is 0 Å². The molecule has 1 saturated heterocycles. The minimum Gasteiger partial charge on any atom is -0.465 e.